The van der Waals surface area contributed by atoms with Crippen LogP contribution in [0.5, 0.6) is 0 Å². The minimum atomic E-state index is 0.0784. The third-order valence-electron chi connectivity index (χ3n) is 4.22. The van der Waals surface area contributed by atoms with Crippen LogP contribution in [0.2, 0.25) is 0 Å². The molecule has 0 bridgehead atoms. The summed E-state index contributed by atoms with van der Waals surface area (Å²) in [5.74, 6) is 0.158. The highest BCUT2D eigenvalue weighted by atomic mass is 32.2. The number of nitrogens with one attached hydrogen (secondary N) is 1. The molecule has 0 radical (unpaired) electrons. The highest BCUT2D eigenvalue weighted by Gasteiger charge is 2.23. The van der Waals surface area contributed by atoms with Crippen molar-refractivity contribution < 1.29 is 9.59 Å². The Balaban J connectivity index is 1.77. The van der Waals surface area contributed by atoms with E-state index in [1.165, 1.54) is 0 Å². The van der Waals surface area contributed by atoms with Crippen molar-refractivity contribution in [2.24, 2.45) is 0 Å². The zero-order valence-corrected chi connectivity index (χ0v) is 15.4. The Labute approximate surface area is 148 Å². The van der Waals surface area contributed by atoms with Gasteiger partial charge in [-0.05, 0) is 36.9 Å². The van der Waals surface area contributed by atoms with Crippen molar-refractivity contribution in [3.05, 3.63) is 29.8 Å². The van der Waals surface area contributed by atoms with E-state index < -0.39 is 0 Å². The maximum absolute atomic E-state index is 12.5. The zero-order chi connectivity index (χ0) is 17.4. The number of rotatable bonds is 7. The minimum absolute atomic E-state index is 0.0784. The van der Waals surface area contributed by atoms with Gasteiger partial charge in [-0.2, -0.15) is 0 Å². The normalized spacial score (nSPS) is 15.3. The van der Waals surface area contributed by atoms with Crippen molar-refractivity contribution in [1.29, 1.82) is 0 Å². The van der Waals surface area contributed by atoms with Gasteiger partial charge >= 0.3 is 0 Å². The summed E-state index contributed by atoms with van der Waals surface area (Å²) in [6.07, 6.45) is 4.12. The van der Waals surface area contributed by atoms with E-state index in [1.807, 2.05) is 35.4 Å². The fourth-order valence-electron chi connectivity index (χ4n) is 2.69. The molecule has 2 amide bonds. The molecule has 1 fully saturated rings. The van der Waals surface area contributed by atoms with Gasteiger partial charge in [0.05, 0.1) is 6.54 Å². The molecule has 0 atom stereocenters. The fourth-order valence-corrected chi connectivity index (χ4v) is 3.10. The molecule has 5 nitrogen and oxygen atoms in total. The molecule has 1 aliphatic rings. The van der Waals surface area contributed by atoms with Gasteiger partial charge in [-0.15, -0.1) is 11.8 Å². The van der Waals surface area contributed by atoms with E-state index >= 15 is 0 Å². The van der Waals surface area contributed by atoms with Gasteiger partial charge < -0.3 is 10.2 Å². The molecule has 2 rings (SSSR count). The lowest BCUT2D eigenvalue weighted by atomic mass is 10.2. The van der Waals surface area contributed by atoms with Crippen molar-refractivity contribution >= 4 is 23.6 Å². The van der Waals surface area contributed by atoms with Gasteiger partial charge in [0.15, 0.2) is 0 Å². The number of hydrogen-bond acceptors (Lipinski definition) is 4. The minimum Gasteiger partial charge on any atom is -0.355 e. The summed E-state index contributed by atoms with van der Waals surface area (Å²) in [6.45, 7) is 6.12. The van der Waals surface area contributed by atoms with E-state index in [4.69, 9.17) is 0 Å². The summed E-state index contributed by atoms with van der Waals surface area (Å²) in [5, 5.41) is 2.94. The Kier molecular flexibility index (Phi) is 7.59. The number of unbranched alkanes of at least 4 members (excludes halogenated alkanes) is 1. The molecule has 0 saturated carbocycles. The third-order valence-corrected chi connectivity index (χ3v) is 4.96. The summed E-state index contributed by atoms with van der Waals surface area (Å²) >= 11 is 1.67. The van der Waals surface area contributed by atoms with Gasteiger partial charge in [-0.25, -0.2) is 0 Å². The third kappa shape index (κ3) is 5.53. The van der Waals surface area contributed by atoms with Crippen molar-refractivity contribution in [2.75, 3.05) is 45.5 Å². The van der Waals surface area contributed by atoms with Crippen LogP contribution in [0.4, 0.5) is 0 Å². The van der Waals surface area contributed by atoms with Crippen molar-refractivity contribution in [1.82, 2.24) is 15.1 Å². The summed E-state index contributed by atoms with van der Waals surface area (Å²) in [5.41, 5.74) is 0.735. The van der Waals surface area contributed by atoms with E-state index in [9.17, 15) is 9.59 Å². The SMILES string of the molecule is CCCCNC(=O)CN1CCN(C(=O)c2ccc(SC)cc2)CC1. The molecule has 1 heterocycles. The van der Waals surface area contributed by atoms with Crippen LogP contribution in [0.25, 0.3) is 0 Å². The van der Waals surface area contributed by atoms with Crippen LogP contribution in [0, 0.1) is 0 Å². The predicted octanol–water partition coefficient (Wildman–Crippen LogP) is 2.08. The maximum atomic E-state index is 12.5. The number of hydrogen-bond donors (Lipinski definition) is 1. The second-order valence-electron chi connectivity index (χ2n) is 6.00. The van der Waals surface area contributed by atoms with Gasteiger partial charge in [-0.1, -0.05) is 13.3 Å². The topological polar surface area (TPSA) is 52.7 Å². The lowest BCUT2D eigenvalue weighted by Gasteiger charge is -2.34. The smallest absolute Gasteiger partial charge is 0.253 e. The Morgan fingerprint density at radius 1 is 1.12 bits per heavy atom. The van der Waals surface area contributed by atoms with Gasteiger partial charge in [0.1, 0.15) is 0 Å². The maximum Gasteiger partial charge on any atom is 0.253 e. The highest BCUT2D eigenvalue weighted by molar-refractivity contribution is 7.98. The number of thioether (sulfide) groups is 1. The number of benzene rings is 1. The Morgan fingerprint density at radius 2 is 1.79 bits per heavy atom. The molecular formula is C18H27N3O2S. The molecule has 1 aromatic rings. The Bertz CT molecular complexity index is 540. The zero-order valence-electron chi connectivity index (χ0n) is 14.6. The molecule has 0 unspecified atom stereocenters. The highest BCUT2D eigenvalue weighted by Crippen LogP contribution is 2.16. The van der Waals surface area contributed by atoms with Crippen LogP contribution in [0.1, 0.15) is 30.1 Å². The summed E-state index contributed by atoms with van der Waals surface area (Å²) in [6, 6.07) is 7.74. The van der Waals surface area contributed by atoms with E-state index in [0.717, 1.165) is 42.9 Å². The van der Waals surface area contributed by atoms with Gasteiger partial charge in [0.2, 0.25) is 5.91 Å². The fraction of sp³-hybridized carbons (Fsp3) is 0.556. The largest absolute Gasteiger partial charge is 0.355 e. The average molecular weight is 350 g/mol. The van der Waals surface area contributed by atoms with E-state index in [1.54, 1.807) is 11.8 Å². The molecule has 1 aromatic carbocycles. The first-order valence-electron chi connectivity index (χ1n) is 8.56. The van der Waals surface area contributed by atoms with Crippen LogP contribution < -0.4 is 5.32 Å². The molecule has 1 aliphatic heterocycles. The molecule has 6 heteroatoms. The molecule has 0 spiro atoms. The first kappa shape index (κ1) is 18.8. The van der Waals surface area contributed by atoms with Crippen LogP contribution in [0.3, 0.4) is 0 Å². The standard InChI is InChI=1S/C18H27N3O2S/c1-3-4-9-19-17(22)14-20-10-12-21(13-11-20)18(23)15-5-7-16(24-2)8-6-15/h5-8H,3-4,9-14H2,1-2H3,(H,19,22). The molecule has 0 aliphatic carbocycles. The second kappa shape index (κ2) is 9.69. The van der Waals surface area contributed by atoms with Crippen LogP contribution >= 0.6 is 11.8 Å². The molecule has 1 N–H and O–H groups in total. The summed E-state index contributed by atoms with van der Waals surface area (Å²) in [7, 11) is 0. The number of amides is 2. The van der Waals surface area contributed by atoms with Crippen LogP contribution in [-0.4, -0.2) is 67.1 Å². The number of piperazine rings is 1. The quantitative estimate of drug-likeness (QED) is 0.605. The molecular weight excluding hydrogens is 322 g/mol. The van der Waals surface area contributed by atoms with Crippen LogP contribution in [-0.2, 0) is 4.79 Å². The molecule has 24 heavy (non-hydrogen) atoms. The number of carbonyl (C=O) groups is 2. The Hall–Kier alpha value is -1.53. The average Bonchev–Trinajstić information content (AvgIpc) is 2.62. The molecule has 0 aromatic heterocycles. The molecule has 132 valence electrons. The predicted molar refractivity (Wildman–Crippen MR) is 98.5 cm³/mol. The first-order chi connectivity index (χ1) is 11.6. The summed E-state index contributed by atoms with van der Waals surface area (Å²) in [4.78, 5) is 29.5. The van der Waals surface area contributed by atoms with Crippen molar-refractivity contribution in [3.8, 4) is 0 Å². The monoisotopic (exact) mass is 349 g/mol. The van der Waals surface area contributed by atoms with Gasteiger partial charge in [-0.3, -0.25) is 14.5 Å². The van der Waals surface area contributed by atoms with E-state index in [-0.39, 0.29) is 11.8 Å². The van der Waals surface area contributed by atoms with Crippen LogP contribution in [0.15, 0.2) is 29.2 Å². The van der Waals surface area contributed by atoms with Gasteiger partial charge in [0, 0.05) is 43.2 Å². The first-order valence-corrected chi connectivity index (χ1v) is 9.79. The van der Waals surface area contributed by atoms with Crippen molar-refractivity contribution in [2.45, 2.75) is 24.7 Å². The number of carbonyl (C=O) groups excluding carboxylic acids is 2. The Morgan fingerprint density at radius 3 is 2.38 bits per heavy atom. The molecule has 1 saturated heterocycles. The lowest BCUT2D eigenvalue weighted by Crippen LogP contribution is -2.51. The van der Waals surface area contributed by atoms with E-state index in [0.29, 0.717) is 19.6 Å². The lowest BCUT2D eigenvalue weighted by molar-refractivity contribution is -0.122. The van der Waals surface area contributed by atoms with Crippen molar-refractivity contribution in [3.63, 3.8) is 0 Å². The number of nitrogens with zero attached hydrogens (tertiary/aromatic N) is 2. The van der Waals surface area contributed by atoms with E-state index in [2.05, 4.69) is 17.1 Å². The summed E-state index contributed by atoms with van der Waals surface area (Å²) < 4.78 is 0. The van der Waals surface area contributed by atoms with Gasteiger partial charge in [0.25, 0.3) is 5.91 Å². The second-order valence-corrected chi connectivity index (χ2v) is 6.88.